The van der Waals surface area contributed by atoms with E-state index in [4.69, 9.17) is 0 Å². The molecule has 0 unspecified atom stereocenters. The van der Waals surface area contributed by atoms with Gasteiger partial charge in [0.2, 0.25) is 5.91 Å². The Bertz CT molecular complexity index is 805. The summed E-state index contributed by atoms with van der Waals surface area (Å²) in [5, 5.41) is 2.65. The largest absolute Gasteiger partial charge is 0.325 e. The van der Waals surface area contributed by atoms with Crippen LogP contribution in [0.15, 0.2) is 47.4 Å². The number of thioether (sulfide) groups is 1. The molecule has 1 N–H and O–H groups in total. The maximum Gasteiger partial charge on any atom is 0.234 e. The number of hydrogen-bond donors (Lipinski definition) is 1. The number of halogens is 1. The zero-order valence-corrected chi connectivity index (χ0v) is 14.1. The number of anilines is 1. The number of carbonyl (C=O) groups excluding carboxylic acids is 3. The summed E-state index contributed by atoms with van der Waals surface area (Å²) in [6.07, 6.45) is 0. The molecule has 0 aliphatic heterocycles. The fourth-order valence-corrected chi connectivity index (χ4v) is 2.79. The Morgan fingerprint density at radius 3 is 2.38 bits per heavy atom. The quantitative estimate of drug-likeness (QED) is 0.636. The summed E-state index contributed by atoms with van der Waals surface area (Å²) >= 11 is 1.03. The molecule has 2 rings (SSSR count). The maximum atomic E-state index is 13.9. The van der Waals surface area contributed by atoms with Gasteiger partial charge in [-0.2, -0.15) is 0 Å². The molecule has 0 aliphatic carbocycles. The number of benzene rings is 2. The van der Waals surface area contributed by atoms with Gasteiger partial charge in [0.1, 0.15) is 5.82 Å². The minimum atomic E-state index is -0.537. The number of para-hydroxylation sites is 1. The van der Waals surface area contributed by atoms with Gasteiger partial charge in [-0.15, -0.1) is 11.8 Å². The average molecular weight is 345 g/mol. The van der Waals surface area contributed by atoms with E-state index < -0.39 is 5.82 Å². The molecule has 0 saturated heterocycles. The fourth-order valence-electron chi connectivity index (χ4n) is 2.07. The van der Waals surface area contributed by atoms with Crippen LogP contribution in [0.1, 0.15) is 34.6 Å². The lowest BCUT2D eigenvalue weighted by molar-refractivity contribution is -0.113. The standard InChI is InChI=1S/C18H16FNO3S/c1-11(21)13-7-8-17(15(19)9-13)24-10-18(23)20-16-6-4-3-5-14(16)12(2)22/h3-9H,10H2,1-2H3,(H,20,23). The van der Waals surface area contributed by atoms with Crippen molar-refractivity contribution in [3.05, 3.63) is 59.4 Å². The van der Waals surface area contributed by atoms with Gasteiger partial charge in [0.25, 0.3) is 0 Å². The third kappa shape index (κ3) is 4.52. The van der Waals surface area contributed by atoms with Crippen LogP contribution in [0.3, 0.4) is 0 Å². The van der Waals surface area contributed by atoms with E-state index in [2.05, 4.69) is 5.32 Å². The third-order valence-corrected chi connectivity index (χ3v) is 4.33. The van der Waals surface area contributed by atoms with Crippen LogP contribution in [0.4, 0.5) is 10.1 Å². The van der Waals surface area contributed by atoms with Crippen molar-refractivity contribution in [1.82, 2.24) is 0 Å². The molecule has 0 aliphatic rings. The Kier molecular flexibility index (Phi) is 5.87. The van der Waals surface area contributed by atoms with Crippen LogP contribution >= 0.6 is 11.8 Å². The van der Waals surface area contributed by atoms with Crippen molar-refractivity contribution < 1.29 is 18.8 Å². The highest BCUT2D eigenvalue weighted by atomic mass is 32.2. The Morgan fingerprint density at radius 1 is 1.04 bits per heavy atom. The number of rotatable bonds is 6. The number of hydrogen-bond acceptors (Lipinski definition) is 4. The molecular formula is C18H16FNO3S. The number of amides is 1. The molecule has 4 nitrogen and oxygen atoms in total. The lowest BCUT2D eigenvalue weighted by Gasteiger charge is -2.09. The van der Waals surface area contributed by atoms with Crippen LogP contribution in [0.2, 0.25) is 0 Å². The highest BCUT2D eigenvalue weighted by Crippen LogP contribution is 2.23. The Balaban J connectivity index is 2.02. The van der Waals surface area contributed by atoms with Gasteiger partial charge >= 0.3 is 0 Å². The normalized spacial score (nSPS) is 10.3. The molecule has 0 aromatic heterocycles. The summed E-state index contributed by atoms with van der Waals surface area (Å²) in [6.45, 7) is 2.78. The second kappa shape index (κ2) is 7.88. The van der Waals surface area contributed by atoms with Crippen LogP contribution in [0.25, 0.3) is 0 Å². The van der Waals surface area contributed by atoms with Crippen molar-refractivity contribution in [1.29, 1.82) is 0 Å². The highest BCUT2D eigenvalue weighted by molar-refractivity contribution is 8.00. The first kappa shape index (κ1) is 17.9. The molecule has 0 spiro atoms. The number of carbonyl (C=O) groups is 3. The van der Waals surface area contributed by atoms with E-state index in [9.17, 15) is 18.8 Å². The van der Waals surface area contributed by atoms with Crippen molar-refractivity contribution >= 4 is 34.9 Å². The molecule has 2 aromatic rings. The van der Waals surface area contributed by atoms with Gasteiger partial charge in [-0.3, -0.25) is 14.4 Å². The van der Waals surface area contributed by atoms with Crippen molar-refractivity contribution in [2.75, 3.05) is 11.1 Å². The minimum Gasteiger partial charge on any atom is -0.325 e. The first-order valence-electron chi connectivity index (χ1n) is 7.21. The number of Topliss-reactive ketones (excluding diaryl/α,β-unsaturated/α-hetero) is 2. The molecule has 24 heavy (non-hydrogen) atoms. The first-order chi connectivity index (χ1) is 11.4. The predicted molar refractivity (Wildman–Crippen MR) is 92.2 cm³/mol. The SMILES string of the molecule is CC(=O)c1ccc(SCC(=O)Nc2ccccc2C(C)=O)c(F)c1. The van der Waals surface area contributed by atoms with Gasteiger partial charge in [0.05, 0.1) is 11.4 Å². The van der Waals surface area contributed by atoms with Gasteiger partial charge in [-0.25, -0.2) is 4.39 Å². The van der Waals surface area contributed by atoms with E-state index in [1.165, 1.54) is 26.0 Å². The first-order valence-corrected chi connectivity index (χ1v) is 8.20. The van der Waals surface area contributed by atoms with Crippen LogP contribution in [-0.2, 0) is 4.79 Å². The second-order valence-electron chi connectivity index (χ2n) is 5.14. The van der Waals surface area contributed by atoms with Crippen LogP contribution in [0, 0.1) is 5.82 Å². The van der Waals surface area contributed by atoms with E-state index in [1.807, 2.05) is 0 Å². The fraction of sp³-hybridized carbons (Fsp3) is 0.167. The molecular weight excluding hydrogens is 329 g/mol. The predicted octanol–water partition coefficient (Wildman–Crippen LogP) is 3.96. The summed E-state index contributed by atoms with van der Waals surface area (Å²) in [5.74, 6) is -1.26. The highest BCUT2D eigenvalue weighted by Gasteiger charge is 2.12. The molecule has 2 aromatic carbocycles. The van der Waals surface area contributed by atoms with Crippen LogP contribution < -0.4 is 5.32 Å². The van der Waals surface area contributed by atoms with Gasteiger partial charge < -0.3 is 5.32 Å². The summed E-state index contributed by atoms with van der Waals surface area (Å²) in [7, 11) is 0. The average Bonchev–Trinajstić information content (AvgIpc) is 2.53. The van der Waals surface area contributed by atoms with Crippen molar-refractivity contribution in [3.63, 3.8) is 0 Å². The molecule has 0 bridgehead atoms. The van der Waals surface area contributed by atoms with Crippen molar-refractivity contribution in [2.24, 2.45) is 0 Å². The number of ketones is 2. The zero-order chi connectivity index (χ0) is 17.7. The summed E-state index contributed by atoms with van der Waals surface area (Å²) in [5.41, 5.74) is 1.15. The van der Waals surface area contributed by atoms with E-state index >= 15 is 0 Å². The van der Waals surface area contributed by atoms with E-state index in [1.54, 1.807) is 24.3 Å². The summed E-state index contributed by atoms with van der Waals surface area (Å²) in [4.78, 5) is 35.0. The van der Waals surface area contributed by atoms with E-state index in [0.29, 0.717) is 11.3 Å². The lowest BCUT2D eigenvalue weighted by atomic mass is 10.1. The van der Waals surface area contributed by atoms with Gasteiger partial charge in [0, 0.05) is 16.0 Å². The second-order valence-corrected chi connectivity index (χ2v) is 6.16. The third-order valence-electron chi connectivity index (χ3n) is 3.28. The maximum absolute atomic E-state index is 13.9. The lowest BCUT2D eigenvalue weighted by Crippen LogP contribution is -2.16. The molecule has 124 valence electrons. The Morgan fingerprint density at radius 2 is 1.75 bits per heavy atom. The molecule has 6 heteroatoms. The molecule has 0 radical (unpaired) electrons. The summed E-state index contributed by atoms with van der Waals surface area (Å²) < 4.78 is 13.9. The van der Waals surface area contributed by atoms with Crippen molar-refractivity contribution in [3.8, 4) is 0 Å². The molecule has 0 saturated carbocycles. The monoisotopic (exact) mass is 345 g/mol. The van der Waals surface area contributed by atoms with Crippen LogP contribution in [-0.4, -0.2) is 23.2 Å². The van der Waals surface area contributed by atoms with Gasteiger partial charge in [-0.05, 0) is 38.1 Å². The van der Waals surface area contributed by atoms with E-state index in [0.717, 1.165) is 17.8 Å². The Hall–Kier alpha value is -2.47. The van der Waals surface area contributed by atoms with Gasteiger partial charge in [-0.1, -0.05) is 18.2 Å². The van der Waals surface area contributed by atoms with Crippen molar-refractivity contribution in [2.45, 2.75) is 18.7 Å². The minimum absolute atomic E-state index is 0.0113. The zero-order valence-electron chi connectivity index (χ0n) is 13.3. The smallest absolute Gasteiger partial charge is 0.234 e. The molecule has 0 heterocycles. The topological polar surface area (TPSA) is 63.2 Å². The number of nitrogens with one attached hydrogen (secondary N) is 1. The van der Waals surface area contributed by atoms with Gasteiger partial charge in [0.15, 0.2) is 11.6 Å². The summed E-state index contributed by atoms with van der Waals surface area (Å²) in [6, 6.07) is 10.9. The van der Waals surface area contributed by atoms with E-state index in [-0.39, 0.29) is 33.7 Å². The van der Waals surface area contributed by atoms with Crippen LogP contribution in [0.5, 0.6) is 0 Å². The Labute approximate surface area is 143 Å². The molecule has 1 amide bonds. The molecule has 0 atom stereocenters. The molecule has 0 fully saturated rings.